The topological polar surface area (TPSA) is 52.6 Å². The van der Waals surface area contributed by atoms with E-state index in [2.05, 4.69) is 6.08 Å². The van der Waals surface area contributed by atoms with Crippen LogP contribution >= 0.6 is 0 Å². The van der Waals surface area contributed by atoms with E-state index in [0.29, 0.717) is 24.5 Å². The van der Waals surface area contributed by atoms with E-state index in [4.69, 9.17) is 9.47 Å². The van der Waals surface area contributed by atoms with Crippen molar-refractivity contribution in [3.63, 3.8) is 0 Å². The van der Waals surface area contributed by atoms with Crippen LogP contribution in [0.3, 0.4) is 0 Å². The van der Waals surface area contributed by atoms with Crippen LogP contribution in [0, 0.1) is 0 Å². The average Bonchev–Trinajstić information content (AvgIpc) is 2.66. The Hall–Kier alpha value is -2.11. The molecule has 0 spiro atoms. The van der Waals surface area contributed by atoms with Crippen LogP contribution in [-0.4, -0.2) is 27.9 Å². The molecule has 0 aliphatic carbocycles. The van der Waals surface area contributed by atoms with Gasteiger partial charge < -0.3 is 9.47 Å². The first-order chi connectivity index (χ1) is 12.5. The summed E-state index contributed by atoms with van der Waals surface area (Å²) in [7, 11) is -1.54. The molecule has 0 aromatic heterocycles. The first-order valence-corrected chi connectivity index (χ1v) is 10.3. The highest BCUT2D eigenvalue weighted by molar-refractivity contribution is 7.91. The molecule has 2 rings (SSSR count). The molecule has 0 aliphatic heterocycles. The van der Waals surface area contributed by atoms with Gasteiger partial charge in [0.15, 0.2) is 9.84 Å². The minimum Gasteiger partial charge on any atom is -0.497 e. The molecule has 0 saturated heterocycles. The summed E-state index contributed by atoms with van der Waals surface area (Å²) in [5.41, 5.74) is 2.20. The Morgan fingerprint density at radius 3 is 2.38 bits per heavy atom. The maximum atomic E-state index is 12.2. The number of methoxy groups -OCH3 is 1. The predicted octanol–water partition coefficient (Wildman–Crippen LogP) is 4.41. The summed E-state index contributed by atoms with van der Waals surface area (Å²) >= 11 is 0. The molecule has 2 aromatic carbocycles. The number of allylic oxidation sites excluding steroid dienone is 1. The van der Waals surface area contributed by atoms with Crippen molar-refractivity contribution < 1.29 is 17.9 Å². The van der Waals surface area contributed by atoms with Crippen LogP contribution in [-0.2, 0) is 21.2 Å². The molecular weight excluding hydrogens is 348 g/mol. The van der Waals surface area contributed by atoms with E-state index in [0.717, 1.165) is 23.3 Å². The van der Waals surface area contributed by atoms with Gasteiger partial charge in [0.05, 0.1) is 31.0 Å². The van der Waals surface area contributed by atoms with Crippen LogP contribution in [0.15, 0.2) is 71.1 Å². The quantitative estimate of drug-likeness (QED) is 0.456. The molecule has 0 unspecified atom stereocenters. The van der Waals surface area contributed by atoms with E-state index in [9.17, 15) is 8.42 Å². The SMILES string of the molecule is COc1ccc(COC/C(C)=C/CCCS(=O)(=O)c2ccccc2)cc1. The van der Waals surface area contributed by atoms with Crippen molar-refractivity contribution in [1.29, 1.82) is 0 Å². The highest BCUT2D eigenvalue weighted by Gasteiger charge is 2.12. The van der Waals surface area contributed by atoms with Crippen molar-refractivity contribution in [2.75, 3.05) is 19.5 Å². The third-order valence-electron chi connectivity index (χ3n) is 3.97. The number of rotatable bonds is 10. The highest BCUT2D eigenvalue weighted by atomic mass is 32.2. The second-order valence-electron chi connectivity index (χ2n) is 6.17. The largest absolute Gasteiger partial charge is 0.497 e. The molecule has 0 bridgehead atoms. The van der Waals surface area contributed by atoms with Crippen molar-refractivity contribution in [3.05, 3.63) is 71.8 Å². The van der Waals surface area contributed by atoms with E-state index in [-0.39, 0.29) is 5.75 Å². The Balaban J connectivity index is 1.69. The van der Waals surface area contributed by atoms with Gasteiger partial charge in [0.2, 0.25) is 0 Å². The highest BCUT2D eigenvalue weighted by Crippen LogP contribution is 2.14. The monoisotopic (exact) mass is 374 g/mol. The molecule has 4 nitrogen and oxygen atoms in total. The normalized spacial score (nSPS) is 12.2. The smallest absolute Gasteiger partial charge is 0.178 e. The average molecular weight is 375 g/mol. The zero-order chi connectivity index (χ0) is 18.8. The Kier molecular flexibility index (Phi) is 7.88. The molecule has 0 radical (unpaired) electrons. The third-order valence-corrected chi connectivity index (χ3v) is 5.79. The maximum Gasteiger partial charge on any atom is 0.178 e. The molecule has 2 aromatic rings. The van der Waals surface area contributed by atoms with Crippen LogP contribution in [0.2, 0.25) is 0 Å². The van der Waals surface area contributed by atoms with Crippen molar-refractivity contribution in [2.24, 2.45) is 0 Å². The zero-order valence-corrected chi connectivity index (χ0v) is 16.2. The van der Waals surface area contributed by atoms with Gasteiger partial charge in [0.25, 0.3) is 0 Å². The summed E-state index contributed by atoms with van der Waals surface area (Å²) in [6, 6.07) is 16.4. The molecule has 0 heterocycles. The van der Waals surface area contributed by atoms with Gasteiger partial charge in [-0.1, -0.05) is 42.0 Å². The molecule has 5 heteroatoms. The van der Waals surface area contributed by atoms with Gasteiger partial charge in [-0.3, -0.25) is 0 Å². The Bertz CT molecular complexity index is 794. The molecule has 0 atom stereocenters. The van der Waals surface area contributed by atoms with Crippen LogP contribution < -0.4 is 4.74 Å². The van der Waals surface area contributed by atoms with Gasteiger partial charge in [0.1, 0.15) is 5.75 Å². The van der Waals surface area contributed by atoms with Gasteiger partial charge in [-0.25, -0.2) is 8.42 Å². The van der Waals surface area contributed by atoms with E-state index < -0.39 is 9.84 Å². The zero-order valence-electron chi connectivity index (χ0n) is 15.4. The lowest BCUT2D eigenvalue weighted by Gasteiger charge is -2.06. The van der Waals surface area contributed by atoms with Gasteiger partial charge in [-0.15, -0.1) is 0 Å². The van der Waals surface area contributed by atoms with Gasteiger partial charge in [0, 0.05) is 0 Å². The van der Waals surface area contributed by atoms with Gasteiger partial charge >= 0.3 is 0 Å². The van der Waals surface area contributed by atoms with E-state index >= 15 is 0 Å². The van der Waals surface area contributed by atoms with E-state index in [1.54, 1.807) is 31.4 Å². The molecule has 140 valence electrons. The second-order valence-corrected chi connectivity index (χ2v) is 8.27. The molecule has 0 N–H and O–H groups in total. The van der Waals surface area contributed by atoms with E-state index in [1.807, 2.05) is 37.3 Å². The number of unbranched alkanes of at least 4 members (excludes halogenated alkanes) is 1. The minimum absolute atomic E-state index is 0.160. The summed E-state index contributed by atoms with van der Waals surface area (Å²) in [4.78, 5) is 0.392. The molecule has 0 fully saturated rings. The predicted molar refractivity (Wildman–Crippen MR) is 104 cm³/mol. The first kappa shape index (κ1) is 20.2. The second kappa shape index (κ2) is 10.1. The Labute approximate surface area is 156 Å². The van der Waals surface area contributed by atoms with Crippen LogP contribution in [0.5, 0.6) is 5.75 Å². The lowest BCUT2D eigenvalue weighted by Crippen LogP contribution is -2.06. The first-order valence-electron chi connectivity index (χ1n) is 8.65. The summed E-state index contributed by atoms with van der Waals surface area (Å²) in [6.07, 6.45) is 3.38. The lowest BCUT2D eigenvalue weighted by molar-refractivity contribution is 0.142. The number of ether oxygens (including phenoxy) is 2. The maximum absolute atomic E-state index is 12.2. The fourth-order valence-electron chi connectivity index (χ4n) is 2.48. The summed E-state index contributed by atoms with van der Waals surface area (Å²) in [5.74, 6) is 0.989. The molecular formula is C21H26O4S. The number of hydrogen-bond donors (Lipinski definition) is 0. The number of sulfone groups is 1. The van der Waals surface area contributed by atoms with Crippen molar-refractivity contribution >= 4 is 9.84 Å². The van der Waals surface area contributed by atoms with Crippen molar-refractivity contribution in [2.45, 2.75) is 31.3 Å². The third kappa shape index (κ3) is 6.65. The van der Waals surface area contributed by atoms with Crippen molar-refractivity contribution in [3.8, 4) is 5.75 Å². The Morgan fingerprint density at radius 2 is 1.73 bits per heavy atom. The molecule has 0 amide bonds. The van der Waals surface area contributed by atoms with Crippen molar-refractivity contribution in [1.82, 2.24) is 0 Å². The van der Waals surface area contributed by atoms with E-state index in [1.165, 1.54) is 0 Å². The fourth-order valence-corrected chi connectivity index (χ4v) is 3.83. The standard InChI is InChI=1S/C21H26O4S/c1-18(16-25-17-19-11-13-20(24-2)14-12-19)8-6-7-15-26(22,23)21-9-4-3-5-10-21/h3-5,8-14H,6-7,15-17H2,1-2H3/b18-8+. The summed E-state index contributed by atoms with van der Waals surface area (Å²) in [6.45, 7) is 3.08. The Morgan fingerprint density at radius 1 is 1.04 bits per heavy atom. The van der Waals surface area contributed by atoms with Gasteiger partial charge in [-0.2, -0.15) is 0 Å². The lowest BCUT2D eigenvalue weighted by atomic mass is 10.2. The number of hydrogen-bond acceptors (Lipinski definition) is 4. The summed E-state index contributed by atoms with van der Waals surface area (Å²) < 4.78 is 35.2. The molecule has 0 saturated carbocycles. The van der Waals surface area contributed by atoms with Crippen LogP contribution in [0.1, 0.15) is 25.3 Å². The molecule has 26 heavy (non-hydrogen) atoms. The minimum atomic E-state index is -3.19. The fraction of sp³-hybridized carbons (Fsp3) is 0.333. The van der Waals surface area contributed by atoms with Crippen LogP contribution in [0.25, 0.3) is 0 Å². The van der Waals surface area contributed by atoms with Gasteiger partial charge in [-0.05, 0) is 49.6 Å². The summed E-state index contributed by atoms with van der Waals surface area (Å²) in [5, 5.41) is 0. The number of benzene rings is 2. The van der Waals surface area contributed by atoms with Crippen LogP contribution in [0.4, 0.5) is 0 Å². The molecule has 0 aliphatic rings.